The van der Waals surface area contributed by atoms with Crippen molar-refractivity contribution in [1.82, 2.24) is 19.9 Å². The molecule has 3 heterocycles. The number of halogens is 1. The lowest BCUT2D eigenvalue weighted by atomic mass is 10.1. The second kappa shape index (κ2) is 6.91. The summed E-state index contributed by atoms with van der Waals surface area (Å²) in [5.74, 6) is 0.0118. The Morgan fingerprint density at radius 2 is 1.92 bits per heavy atom. The molecule has 6 nitrogen and oxygen atoms in total. The SMILES string of the molecule is Cc1cc(Oc2cncnc2)cc(C(=O)Cc2cccc(F)n2)n1. The first-order chi connectivity index (χ1) is 11.6. The van der Waals surface area contributed by atoms with E-state index in [9.17, 15) is 9.18 Å². The predicted octanol–water partition coefficient (Wildman–Crippen LogP) is 2.93. The van der Waals surface area contributed by atoms with Crippen LogP contribution >= 0.6 is 0 Å². The fraction of sp³-hybridized carbons (Fsp3) is 0.118. The lowest BCUT2D eigenvalue weighted by molar-refractivity contribution is 0.0986. The molecule has 0 amide bonds. The summed E-state index contributed by atoms with van der Waals surface area (Å²) in [4.78, 5) is 28.0. The van der Waals surface area contributed by atoms with Gasteiger partial charge in [-0.05, 0) is 19.1 Å². The minimum atomic E-state index is -0.620. The van der Waals surface area contributed by atoms with Gasteiger partial charge in [0.25, 0.3) is 0 Å². The number of nitrogens with zero attached hydrogens (tertiary/aromatic N) is 4. The molecule has 7 heteroatoms. The van der Waals surface area contributed by atoms with Crippen LogP contribution in [0.3, 0.4) is 0 Å². The second-order valence-electron chi connectivity index (χ2n) is 5.06. The summed E-state index contributed by atoms with van der Waals surface area (Å²) in [6.45, 7) is 1.76. The van der Waals surface area contributed by atoms with Gasteiger partial charge >= 0.3 is 0 Å². The molecule has 3 aromatic rings. The summed E-state index contributed by atoms with van der Waals surface area (Å²) < 4.78 is 18.7. The smallest absolute Gasteiger partial charge is 0.213 e. The van der Waals surface area contributed by atoms with Crippen molar-refractivity contribution in [2.45, 2.75) is 13.3 Å². The maximum absolute atomic E-state index is 13.1. The van der Waals surface area contributed by atoms with Crippen LogP contribution in [-0.2, 0) is 6.42 Å². The van der Waals surface area contributed by atoms with Crippen LogP contribution in [0.4, 0.5) is 4.39 Å². The third-order valence-electron chi connectivity index (χ3n) is 3.10. The minimum Gasteiger partial charge on any atom is -0.454 e. The zero-order chi connectivity index (χ0) is 16.9. The van der Waals surface area contributed by atoms with Gasteiger partial charge in [0.05, 0.1) is 24.5 Å². The summed E-state index contributed by atoms with van der Waals surface area (Å²) >= 11 is 0. The Bertz CT molecular complexity index is 871. The van der Waals surface area contributed by atoms with Gasteiger partial charge in [-0.25, -0.2) is 19.9 Å². The Balaban J connectivity index is 1.81. The van der Waals surface area contributed by atoms with Crippen molar-refractivity contribution < 1.29 is 13.9 Å². The molecular weight excluding hydrogens is 311 g/mol. The molecule has 0 fully saturated rings. The Morgan fingerprint density at radius 3 is 2.67 bits per heavy atom. The number of rotatable bonds is 5. The number of carbonyl (C=O) groups excluding carboxylic acids is 1. The first kappa shape index (κ1) is 15.7. The van der Waals surface area contributed by atoms with Crippen molar-refractivity contribution >= 4 is 5.78 Å². The van der Waals surface area contributed by atoms with E-state index in [1.165, 1.54) is 36.9 Å². The Labute approximate surface area is 137 Å². The van der Waals surface area contributed by atoms with Crippen LogP contribution in [0.15, 0.2) is 49.1 Å². The Kier molecular flexibility index (Phi) is 4.51. The van der Waals surface area contributed by atoms with Gasteiger partial charge in [-0.1, -0.05) is 6.07 Å². The zero-order valence-electron chi connectivity index (χ0n) is 12.8. The fourth-order valence-electron chi connectivity index (χ4n) is 2.12. The van der Waals surface area contributed by atoms with E-state index < -0.39 is 5.95 Å². The maximum atomic E-state index is 13.1. The largest absolute Gasteiger partial charge is 0.454 e. The summed E-state index contributed by atoms with van der Waals surface area (Å²) in [5, 5.41) is 0. The highest BCUT2D eigenvalue weighted by molar-refractivity contribution is 5.95. The summed E-state index contributed by atoms with van der Waals surface area (Å²) in [6, 6.07) is 7.56. The van der Waals surface area contributed by atoms with Gasteiger partial charge in [0, 0.05) is 17.8 Å². The van der Waals surface area contributed by atoms with E-state index in [4.69, 9.17) is 4.74 Å². The summed E-state index contributed by atoms with van der Waals surface area (Å²) in [5.41, 5.74) is 1.20. The predicted molar refractivity (Wildman–Crippen MR) is 83.3 cm³/mol. The topological polar surface area (TPSA) is 77.9 Å². The zero-order valence-corrected chi connectivity index (χ0v) is 12.8. The number of ketones is 1. The van der Waals surface area contributed by atoms with Crippen LogP contribution in [-0.4, -0.2) is 25.7 Å². The number of Topliss-reactive ketones (excluding diaryl/α,β-unsaturated/α-hetero) is 1. The van der Waals surface area contributed by atoms with Crippen LogP contribution < -0.4 is 4.74 Å². The highest BCUT2D eigenvalue weighted by Gasteiger charge is 2.13. The molecule has 0 bridgehead atoms. The molecule has 0 saturated heterocycles. The lowest BCUT2D eigenvalue weighted by Gasteiger charge is -2.08. The molecule has 3 rings (SSSR count). The molecule has 0 atom stereocenters. The van der Waals surface area contributed by atoms with Crippen molar-refractivity contribution in [1.29, 1.82) is 0 Å². The molecule has 0 aromatic carbocycles. The van der Waals surface area contributed by atoms with Crippen molar-refractivity contribution in [3.05, 3.63) is 72.1 Å². The summed E-state index contributed by atoms with van der Waals surface area (Å²) in [6.07, 6.45) is 4.38. The van der Waals surface area contributed by atoms with E-state index in [2.05, 4.69) is 19.9 Å². The average Bonchev–Trinajstić information content (AvgIpc) is 2.55. The van der Waals surface area contributed by atoms with Gasteiger partial charge in [-0.3, -0.25) is 4.79 Å². The van der Waals surface area contributed by atoms with E-state index in [0.29, 0.717) is 22.9 Å². The highest BCUT2D eigenvalue weighted by atomic mass is 19.1. The minimum absolute atomic E-state index is 0.0396. The monoisotopic (exact) mass is 324 g/mol. The van der Waals surface area contributed by atoms with E-state index in [1.54, 1.807) is 19.1 Å². The van der Waals surface area contributed by atoms with Gasteiger partial charge in [-0.15, -0.1) is 0 Å². The van der Waals surface area contributed by atoms with Gasteiger partial charge in [0.15, 0.2) is 11.5 Å². The normalized spacial score (nSPS) is 10.4. The molecule has 0 N–H and O–H groups in total. The molecule has 120 valence electrons. The van der Waals surface area contributed by atoms with E-state index >= 15 is 0 Å². The Hall–Kier alpha value is -3.22. The van der Waals surface area contributed by atoms with Crippen molar-refractivity contribution in [3.63, 3.8) is 0 Å². The number of hydrogen-bond acceptors (Lipinski definition) is 6. The Morgan fingerprint density at radius 1 is 1.12 bits per heavy atom. The highest BCUT2D eigenvalue weighted by Crippen LogP contribution is 2.21. The van der Waals surface area contributed by atoms with Crippen molar-refractivity contribution in [2.24, 2.45) is 0 Å². The first-order valence-electron chi connectivity index (χ1n) is 7.16. The molecule has 0 aliphatic carbocycles. The average molecular weight is 324 g/mol. The first-order valence-corrected chi connectivity index (χ1v) is 7.16. The van der Waals surface area contributed by atoms with Gasteiger partial charge in [0.1, 0.15) is 17.8 Å². The van der Waals surface area contributed by atoms with Crippen molar-refractivity contribution in [3.8, 4) is 11.5 Å². The molecular formula is C17H13FN4O2. The molecule has 0 aliphatic rings. The van der Waals surface area contributed by atoms with Gasteiger partial charge in [-0.2, -0.15) is 4.39 Å². The molecule has 0 saturated carbocycles. The molecule has 0 aliphatic heterocycles. The molecule has 0 radical (unpaired) electrons. The third-order valence-corrected chi connectivity index (χ3v) is 3.10. The van der Waals surface area contributed by atoms with Crippen LogP contribution in [0.1, 0.15) is 21.9 Å². The number of carbonyl (C=O) groups is 1. The van der Waals surface area contributed by atoms with Crippen molar-refractivity contribution in [2.75, 3.05) is 0 Å². The van der Waals surface area contributed by atoms with Crippen LogP contribution in [0.5, 0.6) is 11.5 Å². The number of ether oxygens (including phenoxy) is 1. The fourth-order valence-corrected chi connectivity index (χ4v) is 2.12. The number of hydrogen-bond donors (Lipinski definition) is 0. The van der Waals surface area contributed by atoms with E-state index in [0.717, 1.165) is 0 Å². The third kappa shape index (κ3) is 3.95. The summed E-state index contributed by atoms with van der Waals surface area (Å²) in [7, 11) is 0. The number of pyridine rings is 2. The van der Waals surface area contributed by atoms with E-state index in [1.807, 2.05) is 0 Å². The molecule has 0 unspecified atom stereocenters. The maximum Gasteiger partial charge on any atom is 0.213 e. The lowest BCUT2D eigenvalue weighted by Crippen LogP contribution is -2.09. The second-order valence-corrected chi connectivity index (χ2v) is 5.06. The van der Waals surface area contributed by atoms with Crippen LogP contribution in [0.25, 0.3) is 0 Å². The van der Waals surface area contributed by atoms with Gasteiger partial charge < -0.3 is 4.74 Å². The van der Waals surface area contributed by atoms with Crippen LogP contribution in [0, 0.1) is 12.9 Å². The number of aromatic nitrogens is 4. The van der Waals surface area contributed by atoms with Gasteiger partial charge in [0.2, 0.25) is 5.95 Å². The molecule has 3 aromatic heterocycles. The quantitative estimate of drug-likeness (QED) is 0.530. The molecule has 24 heavy (non-hydrogen) atoms. The molecule has 0 spiro atoms. The van der Waals surface area contributed by atoms with E-state index in [-0.39, 0.29) is 17.9 Å². The van der Waals surface area contributed by atoms with Crippen LogP contribution in [0.2, 0.25) is 0 Å². The number of aryl methyl sites for hydroxylation is 1. The standard InChI is InChI=1S/C17H13FN4O2/c1-11-5-13(24-14-8-19-10-20-9-14)7-15(21-11)16(23)6-12-3-2-4-17(18)22-12/h2-5,7-10H,6H2,1H3.